The smallest absolute Gasteiger partial charge is 0.226 e. The van der Waals surface area contributed by atoms with E-state index in [0.717, 1.165) is 24.2 Å². The molecule has 1 aromatic heterocycles. The highest BCUT2D eigenvalue weighted by Crippen LogP contribution is 2.19. The van der Waals surface area contributed by atoms with E-state index < -0.39 is 0 Å². The highest BCUT2D eigenvalue weighted by molar-refractivity contribution is 5.92. The molecule has 0 saturated carbocycles. The lowest BCUT2D eigenvalue weighted by Crippen LogP contribution is -2.25. The minimum atomic E-state index is 0.0817. The van der Waals surface area contributed by atoms with Gasteiger partial charge in [-0.1, -0.05) is 12.0 Å². The molecule has 0 radical (unpaired) electrons. The van der Waals surface area contributed by atoms with Gasteiger partial charge in [-0.25, -0.2) is 0 Å². The third-order valence-corrected chi connectivity index (χ3v) is 3.47. The average Bonchev–Trinajstić information content (AvgIpc) is 2.60. The SMILES string of the molecule is C#CCOc1ccc(N(C)C(=O)CCCc2ccccn2)cc1. The lowest BCUT2D eigenvalue weighted by atomic mass is 10.1. The number of aryl methyl sites for hydroxylation is 1. The maximum atomic E-state index is 12.2. The zero-order valence-corrected chi connectivity index (χ0v) is 13.2. The monoisotopic (exact) mass is 308 g/mol. The third kappa shape index (κ3) is 5.15. The van der Waals surface area contributed by atoms with Gasteiger partial charge in [-0.15, -0.1) is 6.42 Å². The Kier molecular flexibility index (Phi) is 6.19. The molecule has 0 atom stereocenters. The van der Waals surface area contributed by atoms with Crippen LogP contribution in [0.4, 0.5) is 5.69 Å². The first-order valence-corrected chi connectivity index (χ1v) is 7.53. The van der Waals surface area contributed by atoms with E-state index in [1.165, 1.54) is 0 Å². The van der Waals surface area contributed by atoms with Crippen molar-refractivity contribution in [3.63, 3.8) is 0 Å². The number of pyridine rings is 1. The van der Waals surface area contributed by atoms with Crippen LogP contribution in [0.2, 0.25) is 0 Å². The summed E-state index contributed by atoms with van der Waals surface area (Å²) in [4.78, 5) is 18.2. The molecular formula is C19H20N2O2. The van der Waals surface area contributed by atoms with Crippen molar-refractivity contribution >= 4 is 11.6 Å². The van der Waals surface area contributed by atoms with E-state index >= 15 is 0 Å². The van der Waals surface area contributed by atoms with Crippen LogP contribution in [-0.2, 0) is 11.2 Å². The van der Waals surface area contributed by atoms with Gasteiger partial charge in [0.25, 0.3) is 0 Å². The molecular weight excluding hydrogens is 288 g/mol. The molecule has 0 bridgehead atoms. The Morgan fingerprint density at radius 3 is 2.70 bits per heavy atom. The summed E-state index contributed by atoms with van der Waals surface area (Å²) in [6.07, 6.45) is 9.00. The van der Waals surface area contributed by atoms with Crippen molar-refractivity contribution in [1.29, 1.82) is 0 Å². The first-order chi connectivity index (χ1) is 11.2. The van der Waals surface area contributed by atoms with Crippen molar-refractivity contribution in [3.8, 4) is 18.1 Å². The molecule has 2 aromatic rings. The van der Waals surface area contributed by atoms with Gasteiger partial charge in [0, 0.05) is 31.0 Å². The number of carbonyl (C=O) groups is 1. The first kappa shape index (κ1) is 16.6. The number of hydrogen-bond donors (Lipinski definition) is 0. The quantitative estimate of drug-likeness (QED) is 0.738. The summed E-state index contributed by atoms with van der Waals surface area (Å²) >= 11 is 0. The van der Waals surface area contributed by atoms with Gasteiger partial charge in [0.2, 0.25) is 5.91 Å². The predicted molar refractivity (Wildman–Crippen MR) is 91.4 cm³/mol. The van der Waals surface area contributed by atoms with E-state index in [2.05, 4.69) is 10.9 Å². The van der Waals surface area contributed by atoms with Gasteiger partial charge in [0.05, 0.1) is 0 Å². The highest BCUT2D eigenvalue weighted by atomic mass is 16.5. The molecule has 23 heavy (non-hydrogen) atoms. The number of carbonyl (C=O) groups excluding carboxylic acids is 1. The second kappa shape index (κ2) is 8.60. The van der Waals surface area contributed by atoms with E-state index in [1.54, 1.807) is 18.1 Å². The minimum absolute atomic E-state index is 0.0817. The van der Waals surface area contributed by atoms with Crippen LogP contribution in [-0.4, -0.2) is 24.5 Å². The summed E-state index contributed by atoms with van der Waals surface area (Å²) in [5.41, 5.74) is 1.85. The third-order valence-electron chi connectivity index (χ3n) is 3.47. The molecule has 4 heteroatoms. The van der Waals surface area contributed by atoms with Crippen molar-refractivity contribution in [2.24, 2.45) is 0 Å². The molecule has 2 rings (SSSR count). The van der Waals surface area contributed by atoms with Gasteiger partial charge >= 0.3 is 0 Å². The second-order valence-corrected chi connectivity index (χ2v) is 5.11. The van der Waals surface area contributed by atoms with Crippen LogP contribution in [0.3, 0.4) is 0 Å². The molecule has 1 aromatic carbocycles. The number of ether oxygens (including phenoxy) is 1. The van der Waals surface area contributed by atoms with Crippen molar-refractivity contribution in [1.82, 2.24) is 4.98 Å². The Labute approximate surface area is 137 Å². The zero-order valence-electron chi connectivity index (χ0n) is 13.2. The molecule has 0 unspecified atom stereocenters. The topological polar surface area (TPSA) is 42.4 Å². The Morgan fingerprint density at radius 1 is 1.26 bits per heavy atom. The van der Waals surface area contributed by atoms with Crippen molar-refractivity contribution in [2.75, 3.05) is 18.6 Å². The van der Waals surface area contributed by atoms with Crippen LogP contribution >= 0.6 is 0 Å². The van der Waals surface area contributed by atoms with E-state index in [-0.39, 0.29) is 12.5 Å². The number of aromatic nitrogens is 1. The normalized spacial score (nSPS) is 9.91. The van der Waals surface area contributed by atoms with Crippen molar-refractivity contribution in [2.45, 2.75) is 19.3 Å². The van der Waals surface area contributed by atoms with E-state index in [4.69, 9.17) is 11.2 Å². The summed E-state index contributed by atoms with van der Waals surface area (Å²) in [6.45, 7) is 0.238. The van der Waals surface area contributed by atoms with Crippen molar-refractivity contribution < 1.29 is 9.53 Å². The molecule has 0 spiro atoms. The van der Waals surface area contributed by atoms with E-state index in [9.17, 15) is 4.79 Å². The number of rotatable bonds is 7. The standard InChI is InChI=1S/C19H20N2O2/c1-3-15-23-18-12-10-17(11-13-18)21(2)19(22)9-6-8-16-7-4-5-14-20-16/h1,4-5,7,10-14H,6,8-9,15H2,2H3. The van der Waals surface area contributed by atoms with Crippen LogP contribution < -0.4 is 9.64 Å². The summed E-state index contributed by atoms with van der Waals surface area (Å²) < 4.78 is 5.32. The van der Waals surface area contributed by atoms with Crippen LogP contribution in [0, 0.1) is 12.3 Å². The number of hydrogen-bond acceptors (Lipinski definition) is 3. The van der Waals surface area contributed by atoms with Gasteiger partial charge in [-0.05, 0) is 49.2 Å². The zero-order chi connectivity index (χ0) is 16.5. The minimum Gasteiger partial charge on any atom is -0.481 e. The highest BCUT2D eigenvalue weighted by Gasteiger charge is 2.10. The van der Waals surface area contributed by atoms with Gasteiger partial charge in [0.1, 0.15) is 12.4 Å². The van der Waals surface area contributed by atoms with Crippen LogP contribution in [0.25, 0.3) is 0 Å². The Hall–Kier alpha value is -2.80. The van der Waals surface area contributed by atoms with Gasteiger partial charge in [0.15, 0.2) is 0 Å². The summed E-state index contributed by atoms with van der Waals surface area (Å²) in [7, 11) is 1.78. The van der Waals surface area contributed by atoms with E-state index in [0.29, 0.717) is 12.2 Å². The van der Waals surface area contributed by atoms with E-state index in [1.807, 2.05) is 42.5 Å². The Balaban J connectivity index is 1.83. The maximum Gasteiger partial charge on any atom is 0.226 e. The number of amides is 1. The summed E-state index contributed by atoms with van der Waals surface area (Å²) in [5, 5.41) is 0. The number of benzene rings is 1. The van der Waals surface area contributed by atoms with Gasteiger partial charge < -0.3 is 9.64 Å². The number of terminal acetylenes is 1. The average molecular weight is 308 g/mol. The molecule has 0 saturated heterocycles. The Morgan fingerprint density at radius 2 is 2.04 bits per heavy atom. The molecule has 0 aliphatic heterocycles. The fraction of sp³-hybridized carbons (Fsp3) is 0.263. The predicted octanol–water partition coefficient (Wildman–Crippen LogP) is 3.08. The molecule has 0 N–H and O–H groups in total. The van der Waals surface area contributed by atoms with Crippen LogP contribution in [0.1, 0.15) is 18.5 Å². The lowest BCUT2D eigenvalue weighted by molar-refractivity contribution is -0.118. The molecule has 0 aliphatic carbocycles. The molecule has 1 amide bonds. The maximum absolute atomic E-state index is 12.2. The van der Waals surface area contributed by atoms with Gasteiger partial charge in [-0.3, -0.25) is 9.78 Å². The largest absolute Gasteiger partial charge is 0.481 e. The molecule has 4 nitrogen and oxygen atoms in total. The Bertz CT molecular complexity index is 660. The fourth-order valence-corrected chi connectivity index (χ4v) is 2.17. The summed E-state index contributed by atoms with van der Waals surface area (Å²) in [6, 6.07) is 13.1. The molecule has 0 fully saturated rings. The number of anilines is 1. The molecule has 118 valence electrons. The van der Waals surface area contributed by atoms with Crippen LogP contribution in [0.15, 0.2) is 48.7 Å². The lowest BCUT2D eigenvalue weighted by Gasteiger charge is -2.17. The number of nitrogens with zero attached hydrogens (tertiary/aromatic N) is 2. The van der Waals surface area contributed by atoms with Crippen LogP contribution in [0.5, 0.6) is 5.75 Å². The second-order valence-electron chi connectivity index (χ2n) is 5.11. The molecule has 1 heterocycles. The fourth-order valence-electron chi connectivity index (χ4n) is 2.17. The first-order valence-electron chi connectivity index (χ1n) is 7.53. The summed E-state index contributed by atoms with van der Waals surface area (Å²) in [5.74, 6) is 3.20. The van der Waals surface area contributed by atoms with Gasteiger partial charge in [-0.2, -0.15) is 0 Å². The molecule has 0 aliphatic rings. The van der Waals surface area contributed by atoms with Crippen molar-refractivity contribution in [3.05, 3.63) is 54.4 Å².